The number of fused-ring (bicyclic) bond motifs is 1. The average molecular weight is 216 g/mol. The van der Waals surface area contributed by atoms with Gasteiger partial charge in [-0.3, -0.25) is 4.40 Å². The first-order valence-corrected chi connectivity index (χ1v) is 5.85. The van der Waals surface area contributed by atoms with Crippen molar-refractivity contribution < 1.29 is 0 Å². The molecule has 0 radical (unpaired) electrons. The predicted molar refractivity (Wildman–Crippen MR) is 62.6 cm³/mol. The Morgan fingerprint density at radius 1 is 1.38 bits per heavy atom. The Labute approximate surface area is 94.7 Å². The van der Waals surface area contributed by atoms with E-state index in [2.05, 4.69) is 21.6 Å². The van der Waals surface area contributed by atoms with E-state index in [1.807, 2.05) is 12.4 Å². The van der Waals surface area contributed by atoms with Crippen molar-refractivity contribution in [2.75, 3.05) is 13.1 Å². The van der Waals surface area contributed by atoms with Crippen molar-refractivity contribution in [1.82, 2.24) is 19.7 Å². The minimum Gasteiger partial charge on any atom is -0.317 e. The Kier molecular flexibility index (Phi) is 2.36. The van der Waals surface area contributed by atoms with Gasteiger partial charge < -0.3 is 5.32 Å². The largest absolute Gasteiger partial charge is 0.317 e. The first-order valence-electron chi connectivity index (χ1n) is 5.85. The van der Waals surface area contributed by atoms with Crippen molar-refractivity contribution >= 4 is 5.65 Å². The molecule has 3 heterocycles. The SMILES string of the molecule is Cc1c(C2CCNCC2)nc2ccncn12. The smallest absolute Gasteiger partial charge is 0.139 e. The van der Waals surface area contributed by atoms with E-state index >= 15 is 0 Å². The van der Waals surface area contributed by atoms with Crippen LogP contribution < -0.4 is 5.32 Å². The van der Waals surface area contributed by atoms with Crippen LogP contribution in [0.3, 0.4) is 0 Å². The molecule has 2 aromatic heterocycles. The highest BCUT2D eigenvalue weighted by Crippen LogP contribution is 2.27. The fraction of sp³-hybridized carbons (Fsp3) is 0.500. The summed E-state index contributed by atoms with van der Waals surface area (Å²) in [7, 11) is 0. The molecule has 0 aliphatic carbocycles. The van der Waals surface area contributed by atoms with Gasteiger partial charge in [0.25, 0.3) is 0 Å². The minimum absolute atomic E-state index is 0.612. The molecule has 0 aromatic carbocycles. The van der Waals surface area contributed by atoms with E-state index in [-0.39, 0.29) is 0 Å². The molecule has 1 saturated heterocycles. The molecule has 1 N–H and O–H groups in total. The van der Waals surface area contributed by atoms with E-state index in [4.69, 9.17) is 4.98 Å². The number of imidazole rings is 1. The first kappa shape index (κ1) is 9.78. The normalized spacial score (nSPS) is 18.1. The summed E-state index contributed by atoms with van der Waals surface area (Å²) in [5.41, 5.74) is 3.52. The third-order valence-electron chi connectivity index (χ3n) is 3.43. The lowest BCUT2D eigenvalue weighted by Crippen LogP contribution is -2.27. The van der Waals surface area contributed by atoms with Crippen LogP contribution in [0.5, 0.6) is 0 Å². The van der Waals surface area contributed by atoms with Crippen molar-refractivity contribution in [3.8, 4) is 0 Å². The number of aromatic nitrogens is 3. The van der Waals surface area contributed by atoms with E-state index in [9.17, 15) is 0 Å². The number of rotatable bonds is 1. The van der Waals surface area contributed by atoms with Crippen LogP contribution in [0.4, 0.5) is 0 Å². The van der Waals surface area contributed by atoms with Crippen LogP contribution in [0.25, 0.3) is 5.65 Å². The van der Waals surface area contributed by atoms with Gasteiger partial charge >= 0.3 is 0 Å². The summed E-state index contributed by atoms with van der Waals surface area (Å²) >= 11 is 0. The lowest BCUT2D eigenvalue weighted by molar-refractivity contribution is 0.453. The van der Waals surface area contributed by atoms with E-state index < -0.39 is 0 Å². The molecule has 0 bridgehead atoms. The molecule has 1 aliphatic heterocycles. The Morgan fingerprint density at radius 2 is 2.19 bits per heavy atom. The van der Waals surface area contributed by atoms with Gasteiger partial charge in [0.15, 0.2) is 0 Å². The van der Waals surface area contributed by atoms with Crippen molar-refractivity contribution in [3.05, 3.63) is 30.0 Å². The molecule has 4 nitrogen and oxygen atoms in total. The predicted octanol–water partition coefficient (Wildman–Crippen LogP) is 1.50. The number of nitrogens with zero attached hydrogens (tertiary/aromatic N) is 3. The van der Waals surface area contributed by atoms with Crippen LogP contribution in [0.1, 0.15) is 30.1 Å². The highest BCUT2D eigenvalue weighted by atomic mass is 15.1. The summed E-state index contributed by atoms with van der Waals surface area (Å²) in [5, 5.41) is 3.39. The Hall–Kier alpha value is -1.42. The van der Waals surface area contributed by atoms with E-state index in [1.54, 1.807) is 6.20 Å². The molecule has 16 heavy (non-hydrogen) atoms. The second kappa shape index (κ2) is 3.87. The van der Waals surface area contributed by atoms with E-state index in [0.29, 0.717) is 5.92 Å². The third kappa shape index (κ3) is 1.50. The summed E-state index contributed by atoms with van der Waals surface area (Å²) < 4.78 is 2.08. The van der Waals surface area contributed by atoms with Crippen molar-refractivity contribution in [2.45, 2.75) is 25.7 Å². The standard InChI is InChI=1S/C12H16N4/c1-9-12(10-2-5-13-6-3-10)15-11-4-7-14-8-16(9)11/h4,7-8,10,13H,2-3,5-6H2,1H3. The van der Waals surface area contributed by atoms with Gasteiger partial charge in [0.1, 0.15) is 12.0 Å². The highest BCUT2D eigenvalue weighted by Gasteiger charge is 2.20. The van der Waals surface area contributed by atoms with Gasteiger partial charge in [-0.15, -0.1) is 0 Å². The third-order valence-corrected chi connectivity index (χ3v) is 3.43. The van der Waals surface area contributed by atoms with Gasteiger partial charge in [-0.05, 0) is 38.9 Å². The monoisotopic (exact) mass is 216 g/mol. The quantitative estimate of drug-likeness (QED) is 0.785. The number of hydrogen-bond acceptors (Lipinski definition) is 3. The van der Waals surface area contributed by atoms with Crippen LogP contribution in [0.15, 0.2) is 18.6 Å². The van der Waals surface area contributed by atoms with Gasteiger partial charge in [0.05, 0.1) is 5.69 Å². The van der Waals surface area contributed by atoms with E-state index in [0.717, 1.165) is 18.7 Å². The van der Waals surface area contributed by atoms with Crippen molar-refractivity contribution in [2.24, 2.45) is 0 Å². The van der Waals surface area contributed by atoms with Crippen LogP contribution in [0, 0.1) is 6.92 Å². The second-order valence-electron chi connectivity index (χ2n) is 4.42. The maximum absolute atomic E-state index is 4.73. The fourth-order valence-electron chi connectivity index (χ4n) is 2.51. The van der Waals surface area contributed by atoms with Crippen molar-refractivity contribution in [3.63, 3.8) is 0 Å². The first-order chi connectivity index (χ1) is 7.86. The summed E-state index contributed by atoms with van der Waals surface area (Å²) in [5.74, 6) is 0.612. The Bertz CT molecular complexity index is 497. The molecule has 84 valence electrons. The van der Waals surface area contributed by atoms with Crippen molar-refractivity contribution in [1.29, 1.82) is 0 Å². The summed E-state index contributed by atoms with van der Waals surface area (Å²) in [6.07, 6.45) is 6.03. The lowest BCUT2D eigenvalue weighted by Gasteiger charge is -2.21. The topological polar surface area (TPSA) is 42.2 Å². The molecule has 2 aromatic rings. The number of nitrogens with one attached hydrogen (secondary N) is 1. The van der Waals surface area contributed by atoms with Gasteiger partial charge in [-0.1, -0.05) is 0 Å². The molecule has 1 aliphatic rings. The molecule has 0 amide bonds. The van der Waals surface area contributed by atoms with Gasteiger partial charge in [-0.2, -0.15) is 0 Å². The van der Waals surface area contributed by atoms with Gasteiger partial charge in [-0.25, -0.2) is 9.97 Å². The summed E-state index contributed by atoms with van der Waals surface area (Å²) in [6.45, 7) is 4.35. The fourth-order valence-corrected chi connectivity index (χ4v) is 2.51. The van der Waals surface area contributed by atoms with E-state index in [1.165, 1.54) is 24.2 Å². The molecule has 4 heteroatoms. The van der Waals surface area contributed by atoms with Crippen LogP contribution in [-0.2, 0) is 0 Å². The average Bonchev–Trinajstić information content (AvgIpc) is 2.69. The molecule has 0 unspecified atom stereocenters. The summed E-state index contributed by atoms with van der Waals surface area (Å²) in [4.78, 5) is 8.87. The molecular formula is C12H16N4. The molecule has 1 fully saturated rings. The maximum atomic E-state index is 4.73. The van der Waals surface area contributed by atoms with Crippen LogP contribution >= 0.6 is 0 Å². The molecule has 0 atom stereocenters. The number of piperidine rings is 1. The Balaban J connectivity index is 2.05. The molecule has 0 spiro atoms. The Morgan fingerprint density at radius 3 is 2.94 bits per heavy atom. The number of hydrogen-bond donors (Lipinski definition) is 1. The molecule has 0 saturated carbocycles. The lowest BCUT2D eigenvalue weighted by atomic mass is 9.94. The highest BCUT2D eigenvalue weighted by molar-refractivity contribution is 5.42. The zero-order valence-corrected chi connectivity index (χ0v) is 9.48. The van der Waals surface area contributed by atoms with Gasteiger partial charge in [0, 0.05) is 17.8 Å². The maximum Gasteiger partial charge on any atom is 0.139 e. The molecule has 3 rings (SSSR count). The zero-order chi connectivity index (χ0) is 11.0. The van der Waals surface area contributed by atoms with Crippen LogP contribution in [-0.4, -0.2) is 27.5 Å². The summed E-state index contributed by atoms with van der Waals surface area (Å²) in [6, 6.07) is 1.97. The number of aryl methyl sites for hydroxylation is 1. The second-order valence-corrected chi connectivity index (χ2v) is 4.42. The minimum atomic E-state index is 0.612. The van der Waals surface area contributed by atoms with Crippen LogP contribution in [0.2, 0.25) is 0 Å². The van der Waals surface area contributed by atoms with Gasteiger partial charge in [0.2, 0.25) is 0 Å². The molecular weight excluding hydrogens is 200 g/mol. The zero-order valence-electron chi connectivity index (χ0n) is 9.48.